The van der Waals surface area contributed by atoms with Gasteiger partial charge in [0.2, 0.25) is 0 Å². The molecule has 0 saturated heterocycles. The Morgan fingerprint density at radius 3 is 2.24 bits per heavy atom. The predicted molar refractivity (Wildman–Crippen MR) is 134 cm³/mol. The molecule has 0 aromatic heterocycles. The van der Waals surface area contributed by atoms with Crippen molar-refractivity contribution in [1.82, 2.24) is 0 Å². The fourth-order valence-electron chi connectivity index (χ4n) is 11.5. The van der Waals surface area contributed by atoms with Gasteiger partial charge in [0.05, 0.1) is 17.6 Å². The molecule has 0 aromatic rings. The molecule has 0 aliphatic heterocycles. The lowest BCUT2D eigenvalue weighted by atomic mass is 9.31. The lowest BCUT2D eigenvalue weighted by Gasteiger charge is -2.73. The van der Waals surface area contributed by atoms with Gasteiger partial charge < -0.3 is 15.3 Å². The summed E-state index contributed by atoms with van der Waals surface area (Å²) in [4.78, 5) is 12.8. The third kappa shape index (κ3) is 2.76. The van der Waals surface area contributed by atoms with E-state index in [1.54, 1.807) is 0 Å². The summed E-state index contributed by atoms with van der Waals surface area (Å²) in [6.07, 6.45) is 7.12. The number of fused-ring (bicyclic) bond motifs is 7. The van der Waals surface area contributed by atoms with Crippen LogP contribution in [0.3, 0.4) is 0 Å². The molecule has 5 aliphatic rings. The quantitative estimate of drug-likeness (QED) is 0.405. The number of allylic oxidation sites excluding steroid dienone is 1. The van der Waals surface area contributed by atoms with Crippen molar-refractivity contribution < 1.29 is 20.1 Å². The molecule has 4 heteroatoms. The molecule has 0 bridgehead atoms. The average Bonchev–Trinajstić information content (AvgIpc) is 2.75. The number of rotatable bonds is 1. The molecule has 4 nitrogen and oxygen atoms in total. The smallest absolute Gasteiger partial charge is 0.309 e. The van der Waals surface area contributed by atoms with E-state index in [-0.39, 0.29) is 33.5 Å². The molecule has 4 unspecified atom stereocenters. The third-order valence-electron chi connectivity index (χ3n) is 13.5. The van der Waals surface area contributed by atoms with Crippen molar-refractivity contribution in [3.05, 3.63) is 12.2 Å². The predicted octanol–water partition coefficient (Wildman–Crippen LogP) is 6.06. The number of hydrogen-bond donors (Lipinski definition) is 3. The van der Waals surface area contributed by atoms with Crippen molar-refractivity contribution in [3.8, 4) is 0 Å². The number of aliphatic carboxylic acids is 1. The summed E-state index contributed by atoms with van der Waals surface area (Å²) in [6.45, 7) is 18.4. The fourth-order valence-corrected chi connectivity index (χ4v) is 11.5. The Kier molecular flexibility index (Phi) is 5.36. The van der Waals surface area contributed by atoms with E-state index in [1.807, 2.05) is 0 Å². The van der Waals surface area contributed by atoms with Crippen molar-refractivity contribution in [2.45, 2.75) is 112 Å². The molecular formula is C30H48O4. The van der Waals surface area contributed by atoms with Crippen molar-refractivity contribution in [2.24, 2.45) is 56.7 Å². The number of hydrogen-bond acceptors (Lipinski definition) is 3. The second-order valence-corrected chi connectivity index (χ2v) is 14.6. The first-order chi connectivity index (χ1) is 15.7. The van der Waals surface area contributed by atoms with Gasteiger partial charge in [0.1, 0.15) is 0 Å². The lowest BCUT2D eigenvalue weighted by Crippen LogP contribution is -2.69. The van der Waals surface area contributed by atoms with Crippen LogP contribution >= 0.6 is 0 Å². The normalized spacial score (nSPS) is 56.5. The van der Waals surface area contributed by atoms with Crippen LogP contribution in [0, 0.1) is 56.7 Å². The van der Waals surface area contributed by atoms with E-state index in [2.05, 4.69) is 48.1 Å². The van der Waals surface area contributed by atoms with Gasteiger partial charge in [-0.3, -0.25) is 4.79 Å². The minimum absolute atomic E-state index is 0.00770. The summed E-state index contributed by atoms with van der Waals surface area (Å²) >= 11 is 0. The van der Waals surface area contributed by atoms with Gasteiger partial charge in [-0.15, -0.1) is 0 Å². The zero-order chi connectivity index (χ0) is 25.1. The molecule has 5 rings (SSSR count). The fraction of sp³-hybridized carbons (Fsp3) is 0.900. The summed E-state index contributed by atoms with van der Waals surface area (Å²) in [5.74, 6) is 1.13. The minimum atomic E-state index is -0.670. The monoisotopic (exact) mass is 472 g/mol. The van der Waals surface area contributed by atoms with Gasteiger partial charge in [0.25, 0.3) is 0 Å². The van der Waals surface area contributed by atoms with Gasteiger partial charge in [-0.1, -0.05) is 53.7 Å². The summed E-state index contributed by atoms with van der Waals surface area (Å²) in [7, 11) is 0. The molecule has 3 N–H and O–H groups in total. The van der Waals surface area contributed by atoms with Crippen LogP contribution in [0.5, 0.6) is 0 Å². The summed E-state index contributed by atoms with van der Waals surface area (Å²) < 4.78 is 0. The van der Waals surface area contributed by atoms with E-state index in [9.17, 15) is 20.1 Å². The first-order valence-electron chi connectivity index (χ1n) is 13.9. The molecule has 0 spiro atoms. The maximum atomic E-state index is 12.8. The Balaban J connectivity index is 1.57. The standard InChI is InChI=1S/C30H48O4/c1-17-10-13-30(25(33)34)15-14-28(6)19(23(30)18(17)2)8-9-22-27(5)16-20(31)24(32)26(3,4)21(27)11-12-29(22,28)7/h18-24,31-32H,1,8-16H2,2-7H3,(H,33,34)/t18-,19?,20-,21?,22?,23?,24+,27+,28-,29-,30+/m1/s1. The maximum absolute atomic E-state index is 12.8. The van der Waals surface area contributed by atoms with Crippen molar-refractivity contribution in [1.29, 1.82) is 0 Å². The van der Waals surface area contributed by atoms with Crippen molar-refractivity contribution in [3.63, 3.8) is 0 Å². The highest BCUT2D eigenvalue weighted by atomic mass is 16.4. The third-order valence-corrected chi connectivity index (χ3v) is 13.5. The second kappa shape index (κ2) is 7.34. The molecule has 0 heterocycles. The largest absolute Gasteiger partial charge is 0.481 e. The van der Waals surface area contributed by atoms with Crippen LogP contribution in [-0.4, -0.2) is 33.5 Å². The average molecular weight is 473 g/mol. The Morgan fingerprint density at radius 2 is 1.59 bits per heavy atom. The van der Waals surface area contributed by atoms with Crippen LogP contribution in [0.25, 0.3) is 0 Å². The summed E-state index contributed by atoms with van der Waals surface area (Å²) in [5, 5.41) is 32.4. The molecule has 0 radical (unpaired) electrons. The SMILES string of the molecule is C=C1CC[C@]2(C(=O)O)CC[C@]3(C)C(CCC4[C@@]5(C)C[C@@H](O)[C@H](O)C(C)(C)C5CC[C@]43C)C2[C@@H]1C. The van der Waals surface area contributed by atoms with Gasteiger partial charge in [-0.05, 0) is 109 Å². The number of carboxylic acids is 1. The first kappa shape index (κ1) is 24.8. The Hall–Kier alpha value is -0.870. The Labute approximate surface area is 206 Å². The Morgan fingerprint density at radius 1 is 0.912 bits per heavy atom. The molecule has 5 aliphatic carbocycles. The molecule has 0 aromatic carbocycles. The number of carbonyl (C=O) groups is 1. The van der Waals surface area contributed by atoms with Crippen LogP contribution in [0.2, 0.25) is 0 Å². The molecule has 192 valence electrons. The van der Waals surface area contributed by atoms with E-state index < -0.39 is 23.6 Å². The van der Waals surface area contributed by atoms with Gasteiger partial charge in [-0.2, -0.15) is 0 Å². The first-order valence-corrected chi connectivity index (χ1v) is 13.9. The van der Waals surface area contributed by atoms with Crippen LogP contribution in [0.1, 0.15) is 99.3 Å². The topological polar surface area (TPSA) is 77.8 Å². The van der Waals surface area contributed by atoms with Gasteiger partial charge in [0.15, 0.2) is 0 Å². The second-order valence-electron chi connectivity index (χ2n) is 14.6. The van der Waals surface area contributed by atoms with E-state index in [1.165, 1.54) is 5.57 Å². The van der Waals surface area contributed by atoms with Gasteiger partial charge in [-0.25, -0.2) is 0 Å². The zero-order valence-corrected chi connectivity index (χ0v) is 22.4. The minimum Gasteiger partial charge on any atom is -0.481 e. The molecule has 5 fully saturated rings. The van der Waals surface area contributed by atoms with Crippen LogP contribution in [0.15, 0.2) is 12.2 Å². The molecule has 0 amide bonds. The van der Waals surface area contributed by atoms with E-state index in [0.717, 1.165) is 51.4 Å². The van der Waals surface area contributed by atoms with Crippen molar-refractivity contribution in [2.75, 3.05) is 0 Å². The van der Waals surface area contributed by atoms with E-state index >= 15 is 0 Å². The molecule has 34 heavy (non-hydrogen) atoms. The Bertz CT molecular complexity index is 894. The maximum Gasteiger partial charge on any atom is 0.309 e. The summed E-state index contributed by atoms with van der Waals surface area (Å²) in [6, 6.07) is 0. The lowest BCUT2D eigenvalue weighted by molar-refractivity contribution is -0.267. The molecular weight excluding hydrogens is 424 g/mol. The summed E-state index contributed by atoms with van der Waals surface area (Å²) in [5.41, 5.74) is 0.549. The number of aliphatic hydroxyl groups is 2. The number of carboxylic acid groups (broad SMARTS) is 1. The molecule has 5 saturated carbocycles. The van der Waals surface area contributed by atoms with E-state index in [4.69, 9.17) is 0 Å². The highest BCUT2D eigenvalue weighted by Gasteiger charge is 2.71. The van der Waals surface area contributed by atoms with Gasteiger partial charge >= 0.3 is 5.97 Å². The highest BCUT2D eigenvalue weighted by Crippen LogP contribution is 2.77. The molecule has 11 atom stereocenters. The van der Waals surface area contributed by atoms with Crippen LogP contribution < -0.4 is 0 Å². The van der Waals surface area contributed by atoms with Crippen LogP contribution in [0.4, 0.5) is 0 Å². The van der Waals surface area contributed by atoms with Crippen LogP contribution in [-0.2, 0) is 4.79 Å². The zero-order valence-electron chi connectivity index (χ0n) is 22.4. The van der Waals surface area contributed by atoms with Gasteiger partial charge in [0, 0.05) is 0 Å². The van der Waals surface area contributed by atoms with E-state index in [0.29, 0.717) is 24.2 Å². The highest BCUT2D eigenvalue weighted by molar-refractivity contribution is 5.76. The van der Waals surface area contributed by atoms with Crippen molar-refractivity contribution >= 4 is 5.97 Å². The number of aliphatic hydroxyl groups excluding tert-OH is 2.